The van der Waals surface area contributed by atoms with E-state index < -0.39 is 5.91 Å². The van der Waals surface area contributed by atoms with E-state index in [-0.39, 0.29) is 6.61 Å². The fourth-order valence-corrected chi connectivity index (χ4v) is 2.35. The third kappa shape index (κ3) is 4.82. The first-order valence-corrected chi connectivity index (χ1v) is 8.25. The van der Waals surface area contributed by atoms with Crippen molar-refractivity contribution in [1.82, 2.24) is 0 Å². The van der Waals surface area contributed by atoms with Crippen LogP contribution in [0.5, 0.6) is 5.75 Å². The van der Waals surface area contributed by atoms with Crippen molar-refractivity contribution in [2.24, 2.45) is 0 Å². The van der Waals surface area contributed by atoms with E-state index in [0.717, 1.165) is 11.1 Å². The molecule has 0 aliphatic rings. The summed E-state index contributed by atoms with van der Waals surface area (Å²) in [7, 11) is 0. The standard InChI is InChI=1S/C22H19NO3/c24-22(17-26-21-9-5-2-6-10-21)23(25)20-15-13-19(14-16-20)12-11-18-7-3-1-4-8-18/h1-16,25H,17H2/b12-11+. The molecule has 0 atom stereocenters. The van der Waals surface area contributed by atoms with E-state index in [0.29, 0.717) is 16.5 Å². The van der Waals surface area contributed by atoms with Crippen molar-refractivity contribution in [2.75, 3.05) is 11.7 Å². The van der Waals surface area contributed by atoms with Gasteiger partial charge < -0.3 is 4.74 Å². The first-order chi connectivity index (χ1) is 12.7. The molecule has 0 heterocycles. The minimum absolute atomic E-state index is 0.240. The van der Waals surface area contributed by atoms with Crippen LogP contribution in [-0.2, 0) is 4.79 Å². The van der Waals surface area contributed by atoms with Gasteiger partial charge in [0.15, 0.2) is 6.61 Å². The Morgan fingerprint density at radius 3 is 1.96 bits per heavy atom. The van der Waals surface area contributed by atoms with Gasteiger partial charge in [-0.2, -0.15) is 5.06 Å². The zero-order chi connectivity index (χ0) is 18.2. The summed E-state index contributed by atoms with van der Waals surface area (Å²) in [6.07, 6.45) is 3.98. The fraction of sp³-hybridized carbons (Fsp3) is 0.0455. The Kier molecular flexibility index (Phi) is 5.80. The molecule has 3 aromatic rings. The molecule has 3 aromatic carbocycles. The van der Waals surface area contributed by atoms with Gasteiger partial charge in [0, 0.05) is 0 Å². The molecule has 130 valence electrons. The third-order valence-electron chi connectivity index (χ3n) is 3.75. The van der Waals surface area contributed by atoms with Gasteiger partial charge in [-0.3, -0.25) is 10.0 Å². The number of hydrogen-bond acceptors (Lipinski definition) is 3. The average Bonchev–Trinajstić information content (AvgIpc) is 2.72. The molecule has 0 saturated heterocycles. The van der Waals surface area contributed by atoms with Crippen LogP contribution in [0.3, 0.4) is 0 Å². The zero-order valence-corrected chi connectivity index (χ0v) is 14.2. The predicted octanol–water partition coefficient (Wildman–Crippen LogP) is 4.66. The molecule has 4 nitrogen and oxygen atoms in total. The van der Waals surface area contributed by atoms with Crippen LogP contribution in [0.25, 0.3) is 12.2 Å². The lowest BCUT2D eigenvalue weighted by Crippen LogP contribution is -2.31. The second-order valence-corrected chi connectivity index (χ2v) is 5.64. The van der Waals surface area contributed by atoms with Gasteiger partial charge in [0.25, 0.3) is 5.91 Å². The van der Waals surface area contributed by atoms with Crippen LogP contribution in [0.2, 0.25) is 0 Å². The number of carbonyl (C=O) groups is 1. The van der Waals surface area contributed by atoms with Gasteiger partial charge in [0.05, 0.1) is 5.69 Å². The van der Waals surface area contributed by atoms with Gasteiger partial charge in [-0.1, -0.05) is 72.8 Å². The fourth-order valence-electron chi connectivity index (χ4n) is 2.35. The maximum atomic E-state index is 12.0. The molecule has 1 amide bonds. The molecular formula is C22H19NO3. The van der Waals surface area contributed by atoms with Gasteiger partial charge in [0.1, 0.15) is 5.75 Å². The smallest absolute Gasteiger partial charge is 0.288 e. The van der Waals surface area contributed by atoms with E-state index >= 15 is 0 Å². The quantitative estimate of drug-likeness (QED) is 0.402. The minimum Gasteiger partial charge on any atom is -0.484 e. The Bertz CT molecular complexity index is 859. The van der Waals surface area contributed by atoms with Crippen LogP contribution >= 0.6 is 0 Å². The molecular weight excluding hydrogens is 326 g/mol. The number of ether oxygens (including phenoxy) is 1. The Morgan fingerprint density at radius 2 is 1.35 bits per heavy atom. The molecule has 0 bridgehead atoms. The maximum Gasteiger partial charge on any atom is 0.288 e. The van der Waals surface area contributed by atoms with Crippen LogP contribution < -0.4 is 9.80 Å². The van der Waals surface area contributed by atoms with E-state index in [9.17, 15) is 10.0 Å². The first-order valence-electron chi connectivity index (χ1n) is 8.25. The Balaban J connectivity index is 1.58. The van der Waals surface area contributed by atoms with Crippen molar-refractivity contribution in [3.63, 3.8) is 0 Å². The highest BCUT2D eigenvalue weighted by molar-refractivity contribution is 5.92. The van der Waals surface area contributed by atoms with Crippen molar-refractivity contribution in [2.45, 2.75) is 0 Å². The Labute approximate surface area is 152 Å². The lowest BCUT2D eigenvalue weighted by molar-refractivity contribution is -0.125. The SMILES string of the molecule is O=C(COc1ccccc1)N(O)c1ccc(/C=C/c2ccccc2)cc1. The molecule has 0 aromatic heterocycles. The number of anilines is 1. The number of nitrogens with zero attached hydrogens (tertiary/aromatic N) is 1. The second-order valence-electron chi connectivity index (χ2n) is 5.64. The highest BCUT2D eigenvalue weighted by atomic mass is 16.5. The highest BCUT2D eigenvalue weighted by Gasteiger charge is 2.13. The number of amides is 1. The van der Waals surface area contributed by atoms with Crippen LogP contribution in [0.4, 0.5) is 5.69 Å². The summed E-state index contributed by atoms with van der Waals surface area (Å²) >= 11 is 0. The summed E-state index contributed by atoms with van der Waals surface area (Å²) in [6.45, 7) is -0.240. The second kappa shape index (κ2) is 8.65. The summed E-state index contributed by atoms with van der Waals surface area (Å²) in [4.78, 5) is 12.0. The van der Waals surface area contributed by atoms with E-state index in [2.05, 4.69) is 0 Å². The molecule has 0 spiro atoms. The maximum absolute atomic E-state index is 12.0. The lowest BCUT2D eigenvalue weighted by atomic mass is 10.1. The molecule has 26 heavy (non-hydrogen) atoms. The van der Waals surface area contributed by atoms with Crippen molar-refractivity contribution in [1.29, 1.82) is 0 Å². The van der Waals surface area contributed by atoms with Gasteiger partial charge in [-0.15, -0.1) is 0 Å². The number of para-hydroxylation sites is 1. The average molecular weight is 345 g/mol. The number of rotatable bonds is 6. The monoisotopic (exact) mass is 345 g/mol. The molecule has 4 heteroatoms. The zero-order valence-electron chi connectivity index (χ0n) is 14.2. The summed E-state index contributed by atoms with van der Waals surface area (Å²) in [5.74, 6) is 0.0390. The highest BCUT2D eigenvalue weighted by Crippen LogP contribution is 2.16. The predicted molar refractivity (Wildman–Crippen MR) is 103 cm³/mol. The normalized spacial score (nSPS) is 10.7. The van der Waals surface area contributed by atoms with Gasteiger partial charge in [-0.05, 0) is 35.4 Å². The van der Waals surface area contributed by atoms with Crippen molar-refractivity contribution < 1.29 is 14.7 Å². The largest absolute Gasteiger partial charge is 0.484 e. The summed E-state index contributed by atoms with van der Waals surface area (Å²) in [5, 5.41) is 10.7. The van der Waals surface area contributed by atoms with Crippen LogP contribution in [0, 0.1) is 0 Å². The summed E-state index contributed by atoms with van der Waals surface area (Å²) in [6, 6.07) is 26.0. The summed E-state index contributed by atoms with van der Waals surface area (Å²) < 4.78 is 5.36. The molecule has 3 rings (SSSR count). The molecule has 0 fully saturated rings. The van der Waals surface area contributed by atoms with E-state index in [1.54, 1.807) is 24.3 Å². The van der Waals surface area contributed by atoms with Gasteiger partial charge in [0.2, 0.25) is 0 Å². The summed E-state index contributed by atoms with van der Waals surface area (Å²) in [5.41, 5.74) is 2.47. The molecule has 0 aliphatic carbocycles. The topological polar surface area (TPSA) is 49.8 Å². The van der Waals surface area contributed by atoms with Crippen LogP contribution in [-0.4, -0.2) is 17.7 Å². The minimum atomic E-state index is -0.540. The third-order valence-corrected chi connectivity index (χ3v) is 3.75. The van der Waals surface area contributed by atoms with Crippen LogP contribution in [0.15, 0.2) is 84.9 Å². The van der Waals surface area contributed by atoms with Gasteiger partial charge >= 0.3 is 0 Å². The number of hydroxylamine groups is 1. The van der Waals surface area contributed by atoms with Crippen molar-refractivity contribution in [3.05, 3.63) is 96.1 Å². The molecule has 0 radical (unpaired) electrons. The number of carbonyl (C=O) groups excluding carboxylic acids is 1. The number of hydrogen-bond donors (Lipinski definition) is 1. The Hall–Kier alpha value is -3.37. The molecule has 1 N–H and O–H groups in total. The van der Waals surface area contributed by atoms with Crippen molar-refractivity contribution in [3.8, 4) is 5.75 Å². The molecule has 0 unspecified atom stereocenters. The Morgan fingerprint density at radius 1 is 0.808 bits per heavy atom. The van der Waals surface area contributed by atoms with Crippen LogP contribution in [0.1, 0.15) is 11.1 Å². The van der Waals surface area contributed by atoms with E-state index in [1.807, 2.05) is 72.8 Å². The first kappa shape index (κ1) is 17.5. The number of benzene rings is 3. The lowest BCUT2D eigenvalue weighted by Gasteiger charge is -2.15. The van der Waals surface area contributed by atoms with Gasteiger partial charge in [-0.25, -0.2) is 0 Å². The molecule has 0 aliphatic heterocycles. The molecule has 0 saturated carbocycles. The van der Waals surface area contributed by atoms with E-state index in [4.69, 9.17) is 4.74 Å². The van der Waals surface area contributed by atoms with E-state index in [1.165, 1.54) is 0 Å². The van der Waals surface area contributed by atoms with Crippen molar-refractivity contribution >= 4 is 23.7 Å².